The van der Waals surface area contributed by atoms with Crippen molar-refractivity contribution in [3.63, 3.8) is 0 Å². The molecule has 0 aliphatic heterocycles. The molecule has 0 bridgehead atoms. The summed E-state index contributed by atoms with van der Waals surface area (Å²) in [5.41, 5.74) is 5.12. The van der Waals surface area contributed by atoms with Gasteiger partial charge in [-0.15, -0.1) is 0 Å². The molecule has 0 aliphatic carbocycles. The van der Waals surface area contributed by atoms with E-state index in [2.05, 4.69) is 47.4 Å². The Hall–Kier alpha value is -2.70. The minimum absolute atomic E-state index is 0.0895. The van der Waals surface area contributed by atoms with Gasteiger partial charge >= 0.3 is 163 Å². The molecule has 0 atom stereocenters. The summed E-state index contributed by atoms with van der Waals surface area (Å²) in [5.74, 6) is 0. The van der Waals surface area contributed by atoms with Crippen LogP contribution < -0.4 is 0 Å². The summed E-state index contributed by atoms with van der Waals surface area (Å²) in [6.45, 7) is 0. The Bertz CT molecular complexity index is 1070. The van der Waals surface area contributed by atoms with Crippen molar-refractivity contribution in [2.45, 2.75) is 0 Å². The van der Waals surface area contributed by atoms with Gasteiger partial charge in [-0.2, -0.15) is 0 Å². The number of benzene rings is 2. The first kappa shape index (κ1) is 16.8. The number of nitriles is 1. The van der Waals surface area contributed by atoms with Crippen molar-refractivity contribution in [3.05, 3.63) is 86.5 Å². The van der Waals surface area contributed by atoms with Crippen LogP contribution in [0, 0.1) is 11.3 Å². The quantitative estimate of drug-likeness (QED) is 0.320. The predicted molar refractivity (Wildman–Crippen MR) is 110 cm³/mol. The molecule has 4 aromatic rings. The maximum absolute atomic E-state index is 9.50. The number of hydrogen-bond acceptors (Lipinski definition) is 3. The van der Waals surface area contributed by atoms with Gasteiger partial charge in [-0.05, 0) is 0 Å². The molecule has 0 unspecified atom stereocenters. The van der Waals surface area contributed by atoms with Gasteiger partial charge in [-0.1, -0.05) is 0 Å². The summed E-state index contributed by atoms with van der Waals surface area (Å²) in [6, 6.07) is 25.1. The van der Waals surface area contributed by atoms with Crippen molar-refractivity contribution in [3.8, 4) is 28.5 Å². The Morgan fingerprint density at radius 1 is 0.923 bits per heavy atom. The average molecular weight is 417 g/mol. The molecule has 0 radical (unpaired) electrons. The van der Waals surface area contributed by atoms with E-state index in [0.717, 1.165) is 20.7 Å². The van der Waals surface area contributed by atoms with Crippen LogP contribution in [0.1, 0.15) is 9.44 Å². The van der Waals surface area contributed by atoms with Crippen LogP contribution in [-0.2, 0) is 0 Å². The molecule has 124 valence electrons. The van der Waals surface area contributed by atoms with E-state index in [-0.39, 0.29) is 14.5 Å². The van der Waals surface area contributed by atoms with E-state index in [1.807, 2.05) is 41.8 Å². The summed E-state index contributed by atoms with van der Waals surface area (Å²) in [4.78, 5) is 7.97. The SMILES string of the molecule is N#CC(=Cc1cccs1)c1nc(-c2ccc(-c3ccccc3)cc2)c[se]1. The Labute approximate surface area is 162 Å². The van der Waals surface area contributed by atoms with Crippen LogP contribution in [0.5, 0.6) is 0 Å². The maximum atomic E-state index is 9.50. The van der Waals surface area contributed by atoms with Gasteiger partial charge in [0, 0.05) is 0 Å². The molecule has 2 aromatic heterocycles. The summed E-state index contributed by atoms with van der Waals surface area (Å²) < 4.78 is 0.899. The molecule has 0 saturated heterocycles. The van der Waals surface area contributed by atoms with E-state index < -0.39 is 0 Å². The third-order valence-electron chi connectivity index (χ3n) is 3.97. The van der Waals surface area contributed by atoms with E-state index in [9.17, 15) is 5.26 Å². The van der Waals surface area contributed by atoms with E-state index in [0.29, 0.717) is 5.57 Å². The van der Waals surface area contributed by atoms with Crippen molar-refractivity contribution in [2.75, 3.05) is 0 Å². The average Bonchev–Trinajstić information content (AvgIpc) is 3.39. The van der Waals surface area contributed by atoms with Crippen molar-refractivity contribution in [1.29, 1.82) is 5.26 Å². The number of aromatic nitrogens is 1. The molecule has 2 nitrogen and oxygen atoms in total. The zero-order valence-corrected chi connectivity index (χ0v) is 16.3. The fourth-order valence-electron chi connectivity index (χ4n) is 2.65. The number of rotatable bonds is 4. The summed E-state index contributed by atoms with van der Waals surface area (Å²) in [7, 11) is 0. The van der Waals surface area contributed by atoms with Crippen LogP contribution in [-0.4, -0.2) is 19.5 Å². The fourth-order valence-corrected chi connectivity index (χ4v) is 4.98. The van der Waals surface area contributed by atoms with Crippen molar-refractivity contribution in [1.82, 2.24) is 4.98 Å². The molecule has 0 N–H and O–H groups in total. The van der Waals surface area contributed by atoms with Gasteiger partial charge in [0.1, 0.15) is 0 Å². The second kappa shape index (κ2) is 7.68. The molecule has 0 aliphatic rings. The van der Waals surface area contributed by atoms with Crippen LogP contribution in [0.2, 0.25) is 0 Å². The molecule has 4 heteroatoms. The van der Waals surface area contributed by atoms with Gasteiger partial charge in [0.05, 0.1) is 0 Å². The third-order valence-corrected chi connectivity index (χ3v) is 6.63. The Morgan fingerprint density at radius 2 is 1.65 bits per heavy atom. The van der Waals surface area contributed by atoms with E-state index in [1.54, 1.807) is 11.3 Å². The van der Waals surface area contributed by atoms with E-state index in [1.165, 1.54) is 11.1 Å². The molecule has 0 spiro atoms. The number of thiophene rings is 1. The number of nitrogens with zero attached hydrogens (tertiary/aromatic N) is 2. The van der Waals surface area contributed by atoms with Crippen LogP contribution in [0.4, 0.5) is 0 Å². The van der Waals surface area contributed by atoms with Crippen LogP contribution in [0.25, 0.3) is 34.0 Å². The Balaban J connectivity index is 1.61. The van der Waals surface area contributed by atoms with Gasteiger partial charge in [0.15, 0.2) is 0 Å². The number of allylic oxidation sites excluding steroid dienone is 1. The van der Waals surface area contributed by atoms with Crippen LogP contribution in [0.15, 0.2) is 77.1 Å². The van der Waals surface area contributed by atoms with Crippen LogP contribution in [0.3, 0.4) is 0 Å². The molecule has 2 heterocycles. The summed E-state index contributed by atoms with van der Waals surface area (Å²) >= 11 is 1.72. The first-order valence-electron chi connectivity index (χ1n) is 8.10. The van der Waals surface area contributed by atoms with Crippen molar-refractivity contribution in [2.24, 2.45) is 0 Å². The first-order valence-corrected chi connectivity index (χ1v) is 10.8. The zero-order chi connectivity index (χ0) is 17.8. The molecule has 2 aromatic carbocycles. The monoisotopic (exact) mass is 418 g/mol. The molecule has 0 saturated carbocycles. The van der Waals surface area contributed by atoms with Gasteiger partial charge in [0.2, 0.25) is 0 Å². The zero-order valence-electron chi connectivity index (χ0n) is 13.8. The van der Waals surface area contributed by atoms with Gasteiger partial charge in [-0.25, -0.2) is 0 Å². The topological polar surface area (TPSA) is 36.7 Å². The van der Waals surface area contributed by atoms with Crippen molar-refractivity contribution < 1.29 is 0 Å². The second-order valence-corrected chi connectivity index (χ2v) is 8.45. The number of hydrogen-bond donors (Lipinski definition) is 0. The minimum atomic E-state index is 0.0895. The molecule has 0 amide bonds. The Morgan fingerprint density at radius 3 is 2.35 bits per heavy atom. The normalized spacial score (nSPS) is 11.3. The second-order valence-electron chi connectivity index (χ2n) is 5.67. The molecule has 4 rings (SSSR count). The first-order chi connectivity index (χ1) is 12.8. The molecule has 0 fully saturated rings. The third kappa shape index (κ3) is 3.61. The predicted octanol–water partition coefficient (Wildman–Crippen LogP) is 5.60. The summed E-state index contributed by atoms with van der Waals surface area (Å²) in [5, 5.41) is 11.5. The molecular weight excluding hydrogens is 403 g/mol. The van der Waals surface area contributed by atoms with Gasteiger partial charge in [-0.3, -0.25) is 0 Å². The van der Waals surface area contributed by atoms with E-state index >= 15 is 0 Å². The van der Waals surface area contributed by atoms with Gasteiger partial charge < -0.3 is 0 Å². The van der Waals surface area contributed by atoms with Gasteiger partial charge in [0.25, 0.3) is 0 Å². The molecular formula is C22H14N2SSe. The van der Waals surface area contributed by atoms with E-state index in [4.69, 9.17) is 4.98 Å². The summed E-state index contributed by atoms with van der Waals surface area (Å²) in [6.07, 6.45) is 1.93. The van der Waals surface area contributed by atoms with Crippen molar-refractivity contribution >= 4 is 37.5 Å². The fraction of sp³-hybridized carbons (Fsp3) is 0. The van der Waals surface area contributed by atoms with Crippen LogP contribution >= 0.6 is 11.3 Å². The molecule has 26 heavy (non-hydrogen) atoms. The Kier molecular flexibility index (Phi) is 4.95. The standard InChI is InChI=1S/C22H14N2SSe/c23-14-19(13-20-7-4-12-25-20)22-24-21(15-26-22)18-10-8-17(9-11-18)16-5-2-1-3-6-16/h1-13,15H.